The average molecular weight is 385 g/mol. The lowest BCUT2D eigenvalue weighted by molar-refractivity contribution is 0.583. The molecule has 0 atom stereocenters. The second-order valence-corrected chi connectivity index (χ2v) is 8.36. The van der Waals surface area contributed by atoms with Crippen LogP contribution in [0.2, 0.25) is 5.02 Å². The number of fused-ring (bicyclic) bond motifs is 1. The van der Waals surface area contributed by atoms with Crippen LogP contribution < -0.4 is 4.90 Å². The van der Waals surface area contributed by atoms with Crippen molar-refractivity contribution >= 4 is 48.4 Å². The molecule has 0 bridgehead atoms. The third-order valence-corrected chi connectivity index (χ3v) is 5.21. The van der Waals surface area contributed by atoms with Crippen LogP contribution in [0.25, 0.3) is 11.1 Å². The molecule has 5 nitrogen and oxygen atoms in total. The molecule has 0 aliphatic carbocycles. The Bertz CT molecular complexity index is 969. The van der Waals surface area contributed by atoms with Gasteiger partial charge < -0.3 is 9.32 Å². The number of likely N-dealkylation sites (N-methyl/N-ethyl adjacent to an activating group) is 1. The maximum absolute atomic E-state index is 11.2. The van der Waals surface area contributed by atoms with E-state index in [2.05, 4.69) is 4.98 Å². The van der Waals surface area contributed by atoms with Gasteiger partial charge in [-0.3, -0.25) is 0 Å². The zero-order valence-corrected chi connectivity index (χ0v) is 15.1. The highest BCUT2D eigenvalue weighted by atomic mass is 35.7. The largest absolute Gasteiger partial charge is 0.423 e. The molecular weight excluding hydrogens is 371 g/mol. The first-order valence-corrected chi connectivity index (χ1v) is 9.82. The van der Waals surface area contributed by atoms with E-state index in [0.29, 0.717) is 29.6 Å². The maximum atomic E-state index is 11.2. The zero-order chi connectivity index (χ0) is 17.3. The van der Waals surface area contributed by atoms with Crippen LogP contribution >= 0.6 is 22.3 Å². The average Bonchev–Trinajstić information content (AvgIpc) is 2.95. The van der Waals surface area contributed by atoms with Crippen LogP contribution in [0.1, 0.15) is 5.56 Å². The molecule has 24 heavy (non-hydrogen) atoms. The number of hydrogen-bond acceptors (Lipinski definition) is 5. The summed E-state index contributed by atoms with van der Waals surface area (Å²) in [7, 11) is 3.49. The molecule has 3 rings (SSSR count). The van der Waals surface area contributed by atoms with Crippen molar-refractivity contribution in [3.05, 3.63) is 53.1 Å². The van der Waals surface area contributed by atoms with Crippen LogP contribution in [0, 0.1) is 0 Å². The van der Waals surface area contributed by atoms with Gasteiger partial charge in [0, 0.05) is 35.4 Å². The van der Waals surface area contributed by atoms with Crippen molar-refractivity contribution in [2.75, 3.05) is 18.5 Å². The SMILES string of the molecule is CN(CCc1ccc(S(=O)(=O)Cl)cc1)c1nc2ccc(Cl)cc2o1. The van der Waals surface area contributed by atoms with Gasteiger partial charge >= 0.3 is 0 Å². The number of benzene rings is 2. The number of hydrogen-bond donors (Lipinski definition) is 0. The zero-order valence-electron chi connectivity index (χ0n) is 12.7. The van der Waals surface area contributed by atoms with Gasteiger partial charge in [-0.25, -0.2) is 8.42 Å². The third-order valence-electron chi connectivity index (χ3n) is 3.61. The number of nitrogens with zero attached hydrogens (tertiary/aromatic N) is 2. The predicted octanol–water partition coefficient (Wildman–Crippen LogP) is 4.09. The molecule has 126 valence electrons. The van der Waals surface area contributed by atoms with Crippen molar-refractivity contribution in [3.63, 3.8) is 0 Å². The second kappa shape index (κ2) is 6.63. The molecule has 8 heteroatoms. The molecule has 0 fully saturated rings. The minimum Gasteiger partial charge on any atom is -0.423 e. The Morgan fingerprint density at radius 3 is 2.54 bits per heavy atom. The lowest BCUT2D eigenvalue weighted by Crippen LogP contribution is -2.20. The van der Waals surface area contributed by atoms with E-state index in [4.69, 9.17) is 26.7 Å². The lowest BCUT2D eigenvalue weighted by atomic mass is 10.1. The van der Waals surface area contributed by atoms with E-state index in [-0.39, 0.29) is 4.90 Å². The topological polar surface area (TPSA) is 63.4 Å². The summed E-state index contributed by atoms with van der Waals surface area (Å²) in [5, 5.41) is 0.599. The fourth-order valence-corrected chi connectivity index (χ4v) is 3.19. The van der Waals surface area contributed by atoms with Crippen LogP contribution in [-0.2, 0) is 15.5 Å². The molecule has 0 saturated carbocycles. The Balaban J connectivity index is 1.69. The number of oxazole rings is 1. The normalized spacial score (nSPS) is 11.8. The summed E-state index contributed by atoms with van der Waals surface area (Å²) in [5.74, 6) is 0. The molecule has 0 aliphatic rings. The van der Waals surface area contributed by atoms with Gasteiger partial charge in [-0.1, -0.05) is 23.7 Å². The molecule has 0 aliphatic heterocycles. The summed E-state index contributed by atoms with van der Waals surface area (Å²) in [6.45, 7) is 0.660. The van der Waals surface area contributed by atoms with E-state index >= 15 is 0 Å². The van der Waals surface area contributed by atoms with Crippen molar-refractivity contribution < 1.29 is 12.8 Å². The summed E-state index contributed by atoms with van der Waals surface area (Å²) in [4.78, 5) is 6.40. The first kappa shape index (κ1) is 17.1. The fourth-order valence-electron chi connectivity index (χ4n) is 2.26. The van der Waals surface area contributed by atoms with Crippen molar-refractivity contribution in [3.8, 4) is 0 Å². The molecule has 0 amide bonds. The molecule has 0 spiro atoms. The molecule has 2 aromatic carbocycles. The van der Waals surface area contributed by atoms with Gasteiger partial charge in [-0.15, -0.1) is 0 Å². The van der Waals surface area contributed by atoms with E-state index < -0.39 is 9.05 Å². The Labute approximate surface area is 149 Å². The van der Waals surface area contributed by atoms with E-state index in [1.807, 2.05) is 18.0 Å². The van der Waals surface area contributed by atoms with Crippen LogP contribution in [0.15, 0.2) is 51.8 Å². The van der Waals surface area contributed by atoms with Crippen molar-refractivity contribution in [1.29, 1.82) is 0 Å². The quantitative estimate of drug-likeness (QED) is 0.619. The van der Waals surface area contributed by atoms with Crippen molar-refractivity contribution in [2.24, 2.45) is 0 Å². The summed E-state index contributed by atoms with van der Waals surface area (Å²) in [6, 6.07) is 12.3. The molecule has 1 heterocycles. The van der Waals surface area contributed by atoms with Crippen LogP contribution in [0.5, 0.6) is 0 Å². The smallest absolute Gasteiger partial charge is 0.298 e. The molecule has 3 aromatic rings. The highest BCUT2D eigenvalue weighted by Gasteiger charge is 2.12. The molecule has 0 N–H and O–H groups in total. The van der Waals surface area contributed by atoms with Gasteiger partial charge in [-0.2, -0.15) is 4.98 Å². The van der Waals surface area contributed by atoms with Crippen LogP contribution in [0.4, 0.5) is 6.01 Å². The van der Waals surface area contributed by atoms with Gasteiger partial charge in [0.15, 0.2) is 5.58 Å². The van der Waals surface area contributed by atoms with Gasteiger partial charge in [0.25, 0.3) is 15.1 Å². The summed E-state index contributed by atoms with van der Waals surface area (Å²) in [5.41, 5.74) is 2.38. The molecule has 0 unspecified atom stereocenters. The Morgan fingerprint density at radius 1 is 1.17 bits per heavy atom. The Hall–Kier alpha value is -1.76. The molecule has 1 aromatic heterocycles. The highest BCUT2D eigenvalue weighted by Crippen LogP contribution is 2.24. The third kappa shape index (κ3) is 3.83. The Morgan fingerprint density at radius 2 is 1.88 bits per heavy atom. The number of aromatic nitrogens is 1. The minimum absolute atomic E-state index is 0.0945. The molecule has 0 radical (unpaired) electrons. The number of halogens is 2. The Kier molecular flexibility index (Phi) is 4.71. The number of anilines is 1. The maximum Gasteiger partial charge on any atom is 0.298 e. The van der Waals surface area contributed by atoms with Gasteiger partial charge in [0.05, 0.1) is 4.90 Å². The first-order valence-electron chi connectivity index (χ1n) is 7.14. The van der Waals surface area contributed by atoms with E-state index in [0.717, 1.165) is 11.1 Å². The first-order chi connectivity index (χ1) is 11.3. The van der Waals surface area contributed by atoms with E-state index in [1.165, 1.54) is 12.1 Å². The van der Waals surface area contributed by atoms with Crippen molar-refractivity contribution in [2.45, 2.75) is 11.3 Å². The van der Waals surface area contributed by atoms with E-state index in [9.17, 15) is 8.42 Å². The van der Waals surface area contributed by atoms with Gasteiger partial charge in [0.1, 0.15) is 5.52 Å². The summed E-state index contributed by atoms with van der Waals surface area (Å²) in [6.07, 6.45) is 0.707. The summed E-state index contributed by atoms with van der Waals surface area (Å²) < 4.78 is 28.2. The highest BCUT2D eigenvalue weighted by molar-refractivity contribution is 8.13. The lowest BCUT2D eigenvalue weighted by Gasteiger charge is -2.14. The van der Waals surface area contributed by atoms with Gasteiger partial charge in [0.2, 0.25) is 0 Å². The van der Waals surface area contributed by atoms with Crippen LogP contribution in [0.3, 0.4) is 0 Å². The molecular formula is C16H14Cl2N2O3S. The standard InChI is InChI=1S/C16H14Cl2N2O3S/c1-20(16-19-14-7-4-12(17)10-15(14)23-16)9-8-11-2-5-13(6-3-11)24(18,21)22/h2-7,10H,8-9H2,1H3. The fraction of sp³-hybridized carbons (Fsp3) is 0.188. The van der Waals surface area contributed by atoms with Crippen LogP contribution in [-0.4, -0.2) is 27.0 Å². The number of rotatable bonds is 5. The predicted molar refractivity (Wildman–Crippen MR) is 95.5 cm³/mol. The second-order valence-electron chi connectivity index (χ2n) is 5.36. The van der Waals surface area contributed by atoms with Gasteiger partial charge in [-0.05, 0) is 36.2 Å². The molecule has 0 saturated heterocycles. The minimum atomic E-state index is -3.69. The summed E-state index contributed by atoms with van der Waals surface area (Å²) >= 11 is 5.94. The van der Waals surface area contributed by atoms with Crippen molar-refractivity contribution in [1.82, 2.24) is 4.98 Å². The van der Waals surface area contributed by atoms with E-state index in [1.54, 1.807) is 24.3 Å². The monoisotopic (exact) mass is 384 g/mol.